The van der Waals surface area contributed by atoms with Crippen LogP contribution in [0.25, 0.3) is 0 Å². The van der Waals surface area contributed by atoms with Crippen LogP contribution in [0.5, 0.6) is 0 Å². The molecule has 1 rings (SSSR count). The first-order valence-electron chi connectivity index (χ1n) is 6.62. The summed E-state index contributed by atoms with van der Waals surface area (Å²) in [6.45, 7) is 5.74. The Morgan fingerprint density at radius 2 is 2.18 bits per heavy atom. The van der Waals surface area contributed by atoms with Gasteiger partial charge in [0.2, 0.25) is 0 Å². The van der Waals surface area contributed by atoms with E-state index in [0.717, 1.165) is 6.42 Å². The Bertz CT molecular complexity index is 261. The lowest BCUT2D eigenvalue weighted by Gasteiger charge is -2.38. The zero-order valence-electron chi connectivity index (χ0n) is 11.3. The smallest absolute Gasteiger partial charge is 0.309 e. The van der Waals surface area contributed by atoms with E-state index >= 15 is 0 Å². The highest BCUT2D eigenvalue weighted by Gasteiger charge is 2.22. The summed E-state index contributed by atoms with van der Waals surface area (Å²) in [5.74, 6) is -0.161. The third-order valence-electron chi connectivity index (χ3n) is 3.42. The Hall–Kier alpha value is -0.830. The molecular formula is C14H25NO2. The summed E-state index contributed by atoms with van der Waals surface area (Å²) in [6, 6.07) is 1.27. The van der Waals surface area contributed by atoms with E-state index in [2.05, 4.69) is 29.6 Å². The van der Waals surface area contributed by atoms with Crippen molar-refractivity contribution >= 4 is 5.97 Å². The molecule has 0 saturated carbocycles. The maximum atomic E-state index is 11.0. The molecule has 0 aromatic rings. The highest BCUT2D eigenvalue weighted by atomic mass is 16.5. The lowest BCUT2D eigenvalue weighted by Crippen LogP contribution is -2.43. The summed E-state index contributed by atoms with van der Waals surface area (Å²) in [5.41, 5.74) is 0. The second kappa shape index (κ2) is 7.49. The molecule has 0 spiro atoms. The second-order valence-electron chi connectivity index (χ2n) is 4.97. The highest BCUT2D eigenvalue weighted by molar-refractivity contribution is 5.70. The van der Waals surface area contributed by atoms with Gasteiger partial charge in [-0.2, -0.15) is 0 Å². The fourth-order valence-corrected chi connectivity index (χ4v) is 2.47. The maximum absolute atomic E-state index is 11.0. The Balaban J connectivity index is 2.35. The molecule has 1 atom stereocenters. The first kappa shape index (κ1) is 14.2. The standard InChI is InChI=1S/C14H25NO2/c1-12(2)15-11-7-6-9-13(15)8-4-5-10-14(16)17-3/h4-5,12-13H,6-11H2,1-3H3/b5-4-. The maximum Gasteiger partial charge on any atom is 0.309 e. The normalized spacial score (nSPS) is 22.2. The van der Waals surface area contributed by atoms with Crippen LogP contribution >= 0.6 is 0 Å². The zero-order valence-corrected chi connectivity index (χ0v) is 11.3. The number of rotatable bonds is 5. The minimum absolute atomic E-state index is 0.161. The summed E-state index contributed by atoms with van der Waals surface area (Å²) in [6.07, 6.45) is 9.43. The summed E-state index contributed by atoms with van der Waals surface area (Å²) in [5, 5.41) is 0. The third-order valence-corrected chi connectivity index (χ3v) is 3.42. The molecule has 98 valence electrons. The molecule has 1 heterocycles. The fraction of sp³-hybridized carbons (Fsp3) is 0.786. The van der Waals surface area contributed by atoms with E-state index in [4.69, 9.17) is 0 Å². The highest BCUT2D eigenvalue weighted by Crippen LogP contribution is 2.22. The van der Waals surface area contributed by atoms with Gasteiger partial charge >= 0.3 is 5.97 Å². The minimum Gasteiger partial charge on any atom is -0.469 e. The molecule has 3 heteroatoms. The molecule has 3 nitrogen and oxygen atoms in total. The molecular weight excluding hydrogens is 214 g/mol. The second-order valence-corrected chi connectivity index (χ2v) is 4.97. The van der Waals surface area contributed by atoms with Crippen LogP contribution in [0.3, 0.4) is 0 Å². The van der Waals surface area contributed by atoms with E-state index in [1.54, 1.807) is 0 Å². The number of methoxy groups -OCH3 is 1. The molecule has 1 aliphatic rings. The third kappa shape index (κ3) is 4.90. The van der Waals surface area contributed by atoms with Crippen molar-refractivity contribution in [1.29, 1.82) is 0 Å². The number of carbonyl (C=O) groups excluding carboxylic acids is 1. The topological polar surface area (TPSA) is 29.5 Å². The van der Waals surface area contributed by atoms with Gasteiger partial charge in [0, 0.05) is 12.1 Å². The summed E-state index contributed by atoms with van der Waals surface area (Å²) >= 11 is 0. The predicted octanol–water partition coefficient (Wildman–Crippen LogP) is 2.76. The van der Waals surface area contributed by atoms with E-state index in [9.17, 15) is 4.79 Å². The van der Waals surface area contributed by atoms with E-state index < -0.39 is 0 Å². The molecule has 0 aromatic heterocycles. The molecule has 1 unspecified atom stereocenters. The molecule has 1 aliphatic heterocycles. The number of piperidine rings is 1. The number of esters is 1. The SMILES string of the molecule is COC(=O)C/C=C\CC1CCCCN1C(C)C. The van der Waals surface area contributed by atoms with Gasteiger partial charge in [0.05, 0.1) is 13.5 Å². The van der Waals surface area contributed by atoms with Crippen molar-refractivity contribution in [2.45, 2.75) is 58.0 Å². The number of likely N-dealkylation sites (tertiary alicyclic amines) is 1. The molecule has 0 aliphatic carbocycles. The molecule has 17 heavy (non-hydrogen) atoms. The van der Waals surface area contributed by atoms with Crippen molar-refractivity contribution in [3.8, 4) is 0 Å². The lowest BCUT2D eigenvalue weighted by atomic mass is 9.97. The van der Waals surface area contributed by atoms with Gasteiger partial charge in [-0.05, 0) is 39.7 Å². The lowest BCUT2D eigenvalue weighted by molar-refractivity contribution is -0.139. The average Bonchev–Trinajstić information content (AvgIpc) is 2.34. The number of hydrogen-bond acceptors (Lipinski definition) is 3. The fourth-order valence-electron chi connectivity index (χ4n) is 2.47. The summed E-state index contributed by atoms with van der Waals surface area (Å²) in [4.78, 5) is 13.5. The van der Waals surface area contributed by atoms with Gasteiger partial charge in [-0.3, -0.25) is 9.69 Å². The van der Waals surface area contributed by atoms with Crippen LogP contribution in [0.4, 0.5) is 0 Å². The first-order chi connectivity index (χ1) is 8.15. The van der Waals surface area contributed by atoms with E-state index in [0.29, 0.717) is 18.5 Å². The van der Waals surface area contributed by atoms with Gasteiger partial charge in [-0.1, -0.05) is 18.6 Å². The predicted molar refractivity (Wildman–Crippen MR) is 69.9 cm³/mol. The van der Waals surface area contributed by atoms with E-state index in [1.165, 1.54) is 32.9 Å². The quantitative estimate of drug-likeness (QED) is 0.546. The number of carbonyl (C=O) groups is 1. The van der Waals surface area contributed by atoms with Gasteiger partial charge in [0.15, 0.2) is 0 Å². The molecule has 0 N–H and O–H groups in total. The average molecular weight is 239 g/mol. The van der Waals surface area contributed by atoms with Crippen LogP contribution in [-0.2, 0) is 9.53 Å². The van der Waals surface area contributed by atoms with E-state index in [1.807, 2.05) is 6.08 Å². The van der Waals surface area contributed by atoms with Crippen molar-refractivity contribution in [2.24, 2.45) is 0 Å². The number of nitrogens with zero attached hydrogens (tertiary/aromatic N) is 1. The van der Waals surface area contributed by atoms with Crippen LogP contribution in [-0.4, -0.2) is 36.6 Å². The monoisotopic (exact) mass is 239 g/mol. The summed E-state index contributed by atoms with van der Waals surface area (Å²) in [7, 11) is 1.43. The van der Waals surface area contributed by atoms with Gasteiger partial charge in [-0.25, -0.2) is 0 Å². The van der Waals surface area contributed by atoms with Crippen LogP contribution in [0, 0.1) is 0 Å². The van der Waals surface area contributed by atoms with Crippen molar-refractivity contribution in [3.63, 3.8) is 0 Å². The van der Waals surface area contributed by atoms with Crippen molar-refractivity contribution in [3.05, 3.63) is 12.2 Å². The van der Waals surface area contributed by atoms with Crippen LogP contribution in [0.1, 0.15) is 46.0 Å². The van der Waals surface area contributed by atoms with Crippen molar-refractivity contribution < 1.29 is 9.53 Å². The van der Waals surface area contributed by atoms with Crippen molar-refractivity contribution in [1.82, 2.24) is 4.90 Å². The molecule has 0 amide bonds. The molecule has 0 radical (unpaired) electrons. The zero-order chi connectivity index (χ0) is 12.7. The summed E-state index contributed by atoms with van der Waals surface area (Å²) < 4.78 is 4.60. The Kier molecular flexibility index (Phi) is 6.27. The van der Waals surface area contributed by atoms with Gasteiger partial charge in [0.25, 0.3) is 0 Å². The van der Waals surface area contributed by atoms with Gasteiger partial charge in [-0.15, -0.1) is 0 Å². The van der Waals surface area contributed by atoms with Crippen LogP contribution < -0.4 is 0 Å². The molecule has 1 saturated heterocycles. The largest absolute Gasteiger partial charge is 0.469 e. The van der Waals surface area contributed by atoms with Crippen LogP contribution in [0.15, 0.2) is 12.2 Å². The van der Waals surface area contributed by atoms with Crippen molar-refractivity contribution in [2.75, 3.05) is 13.7 Å². The van der Waals surface area contributed by atoms with E-state index in [-0.39, 0.29) is 5.97 Å². The number of ether oxygens (including phenoxy) is 1. The number of hydrogen-bond donors (Lipinski definition) is 0. The molecule has 1 fully saturated rings. The Morgan fingerprint density at radius 1 is 1.41 bits per heavy atom. The first-order valence-corrected chi connectivity index (χ1v) is 6.62. The van der Waals surface area contributed by atoms with Gasteiger partial charge in [0.1, 0.15) is 0 Å². The Morgan fingerprint density at radius 3 is 2.82 bits per heavy atom. The molecule has 0 aromatic carbocycles. The Labute approximate surface area is 105 Å². The minimum atomic E-state index is -0.161. The molecule has 0 bridgehead atoms. The van der Waals surface area contributed by atoms with Gasteiger partial charge < -0.3 is 4.74 Å². The van der Waals surface area contributed by atoms with Crippen LogP contribution in [0.2, 0.25) is 0 Å².